The number of anilines is 1. The molecule has 0 aliphatic heterocycles. The van der Waals surface area contributed by atoms with Crippen LogP contribution in [0.15, 0.2) is 29.0 Å². The van der Waals surface area contributed by atoms with Crippen molar-refractivity contribution in [2.75, 3.05) is 11.9 Å². The molecular formula is C10H9ClN4O3. The molecule has 0 amide bonds. The van der Waals surface area contributed by atoms with Gasteiger partial charge < -0.3 is 9.84 Å². The Hall–Kier alpha value is -2.15. The van der Waals surface area contributed by atoms with E-state index in [0.29, 0.717) is 24.5 Å². The van der Waals surface area contributed by atoms with Crippen LogP contribution >= 0.6 is 11.6 Å². The van der Waals surface area contributed by atoms with Gasteiger partial charge in [0.2, 0.25) is 5.89 Å². The molecule has 0 aliphatic carbocycles. The number of aromatic nitrogens is 2. The molecule has 0 saturated heterocycles. The standard InChI is InChI=1S/C10H9ClN4O3/c11-7-2-1-3-8(10(7)15(16)17)12-5-4-9-13-6-14-18-9/h1-3,6,12H,4-5H2. The van der Waals surface area contributed by atoms with E-state index < -0.39 is 4.92 Å². The highest BCUT2D eigenvalue weighted by Gasteiger charge is 2.17. The van der Waals surface area contributed by atoms with Gasteiger partial charge in [0.15, 0.2) is 6.33 Å². The highest BCUT2D eigenvalue weighted by Crippen LogP contribution is 2.32. The molecule has 2 rings (SSSR count). The van der Waals surface area contributed by atoms with Crippen molar-refractivity contribution < 1.29 is 9.45 Å². The normalized spacial score (nSPS) is 10.3. The summed E-state index contributed by atoms with van der Waals surface area (Å²) in [5.74, 6) is 0.465. The van der Waals surface area contributed by atoms with Crippen molar-refractivity contribution in [3.8, 4) is 0 Å². The monoisotopic (exact) mass is 268 g/mol. The first-order valence-corrected chi connectivity index (χ1v) is 5.48. The molecule has 0 bridgehead atoms. The van der Waals surface area contributed by atoms with Gasteiger partial charge in [-0.15, -0.1) is 0 Å². The Morgan fingerprint density at radius 2 is 2.33 bits per heavy atom. The molecule has 0 radical (unpaired) electrons. The second kappa shape index (κ2) is 5.46. The van der Waals surface area contributed by atoms with Crippen LogP contribution < -0.4 is 5.32 Å². The quantitative estimate of drug-likeness (QED) is 0.660. The predicted octanol–water partition coefficient (Wildman–Crippen LogP) is 2.29. The van der Waals surface area contributed by atoms with Crippen molar-refractivity contribution in [1.29, 1.82) is 0 Å². The number of halogens is 1. The predicted molar refractivity (Wildman–Crippen MR) is 64.6 cm³/mol. The summed E-state index contributed by atoms with van der Waals surface area (Å²) in [5, 5.41) is 17.4. The number of hydrogen-bond acceptors (Lipinski definition) is 6. The van der Waals surface area contributed by atoms with Gasteiger partial charge in [0.1, 0.15) is 10.7 Å². The van der Waals surface area contributed by atoms with Crippen LogP contribution in [0.4, 0.5) is 11.4 Å². The molecule has 2 aromatic rings. The Morgan fingerprint density at radius 3 is 3.00 bits per heavy atom. The fourth-order valence-electron chi connectivity index (χ4n) is 1.45. The molecule has 0 atom stereocenters. The molecule has 1 aromatic carbocycles. The highest BCUT2D eigenvalue weighted by molar-refractivity contribution is 6.33. The maximum Gasteiger partial charge on any atom is 0.310 e. The maximum atomic E-state index is 10.9. The third-order valence-corrected chi connectivity index (χ3v) is 2.54. The van der Waals surface area contributed by atoms with Crippen molar-refractivity contribution >= 4 is 23.0 Å². The molecule has 0 spiro atoms. The average molecular weight is 269 g/mol. The molecule has 7 nitrogen and oxygen atoms in total. The van der Waals surface area contributed by atoms with Gasteiger partial charge in [-0.3, -0.25) is 10.1 Å². The van der Waals surface area contributed by atoms with Crippen LogP contribution in [0.2, 0.25) is 5.02 Å². The van der Waals surface area contributed by atoms with Crippen molar-refractivity contribution in [3.05, 3.63) is 45.6 Å². The fraction of sp³-hybridized carbons (Fsp3) is 0.200. The van der Waals surface area contributed by atoms with E-state index in [4.69, 9.17) is 16.1 Å². The zero-order chi connectivity index (χ0) is 13.0. The molecule has 0 saturated carbocycles. The summed E-state index contributed by atoms with van der Waals surface area (Å²) in [5.41, 5.74) is 0.233. The largest absolute Gasteiger partial charge is 0.379 e. The number of nitro groups is 1. The van der Waals surface area contributed by atoms with E-state index in [0.717, 1.165) is 0 Å². The number of nitrogens with one attached hydrogen (secondary N) is 1. The Labute approximate surface area is 107 Å². The minimum Gasteiger partial charge on any atom is -0.379 e. The maximum absolute atomic E-state index is 10.9. The van der Waals surface area contributed by atoms with Crippen molar-refractivity contribution in [2.24, 2.45) is 0 Å². The molecule has 1 aromatic heterocycles. The van der Waals surface area contributed by atoms with Crippen molar-refractivity contribution in [1.82, 2.24) is 10.1 Å². The van der Waals surface area contributed by atoms with Crippen LogP contribution in [0.25, 0.3) is 0 Å². The first kappa shape index (κ1) is 12.3. The zero-order valence-electron chi connectivity index (χ0n) is 9.17. The molecular weight excluding hydrogens is 260 g/mol. The van der Waals surface area contributed by atoms with Crippen LogP contribution in [-0.2, 0) is 6.42 Å². The second-order valence-electron chi connectivity index (χ2n) is 3.40. The number of rotatable bonds is 5. The molecule has 0 fully saturated rings. The Bertz CT molecular complexity index is 544. The molecule has 0 aliphatic rings. The lowest BCUT2D eigenvalue weighted by molar-refractivity contribution is -0.383. The number of nitro benzene ring substituents is 1. The lowest BCUT2D eigenvalue weighted by atomic mass is 10.2. The minimum atomic E-state index is -0.517. The van der Waals surface area contributed by atoms with Gasteiger partial charge in [0.25, 0.3) is 0 Å². The van der Waals surface area contributed by atoms with Gasteiger partial charge in [0.05, 0.1) is 4.92 Å². The number of nitrogens with zero attached hydrogens (tertiary/aromatic N) is 3. The summed E-state index contributed by atoms with van der Waals surface area (Å²) in [6.45, 7) is 0.434. The van der Waals surface area contributed by atoms with E-state index in [-0.39, 0.29) is 10.7 Å². The average Bonchev–Trinajstić information content (AvgIpc) is 2.81. The lowest BCUT2D eigenvalue weighted by Gasteiger charge is -2.06. The topological polar surface area (TPSA) is 94.1 Å². The van der Waals surface area contributed by atoms with Gasteiger partial charge in [-0.25, -0.2) is 0 Å². The van der Waals surface area contributed by atoms with Gasteiger partial charge in [0, 0.05) is 13.0 Å². The molecule has 18 heavy (non-hydrogen) atoms. The van der Waals surface area contributed by atoms with Crippen LogP contribution in [0.5, 0.6) is 0 Å². The summed E-state index contributed by atoms with van der Waals surface area (Å²) in [4.78, 5) is 14.2. The van der Waals surface area contributed by atoms with E-state index in [2.05, 4.69) is 15.5 Å². The van der Waals surface area contributed by atoms with Gasteiger partial charge >= 0.3 is 5.69 Å². The first-order chi connectivity index (χ1) is 8.68. The van der Waals surface area contributed by atoms with Crippen LogP contribution in [-0.4, -0.2) is 21.6 Å². The molecule has 0 unspecified atom stereocenters. The summed E-state index contributed by atoms with van der Waals surface area (Å²) in [6.07, 6.45) is 1.78. The van der Waals surface area contributed by atoms with E-state index in [1.807, 2.05) is 0 Å². The Morgan fingerprint density at radius 1 is 1.50 bits per heavy atom. The number of para-hydroxylation sites is 1. The smallest absolute Gasteiger partial charge is 0.310 e. The molecule has 94 valence electrons. The van der Waals surface area contributed by atoms with E-state index in [1.165, 1.54) is 12.4 Å². The summed E-state index contributed by atoms with van der Waals surface area (Å²) in [7, 11) is 0. The van der Waals surface area contributed by atoms with E-state index in [1.54, 1.807) is 12.1 Å². The number of benzene rings is 1. The Balaban J connectivity index is 2.05. The van der Waals surface area contributed by atoms with Crippen molar-refractivity contribution in [3.63, 3.8) is 0 Å². The van der Waals surface area contributed by atoms with Crippen LogP contribution in [0.1, 0.15) is 5.89 Å². The van der Waals surface area contributed by atoms with Gasteiger partial charge in [-0.2, -0.15) is 4.98 Å². The van der Waals surface area contributed by atoms with E-state index in [9.17, 15) is 10.1 Å². The third-order valence-electron chi connectivity index (χ3n) is 2.23. The van der Waals surface area contributed by atoms with E-state index >= 15 is 0 Å². The fourth-order valence-corrected chi connectivity index (χ4v) is 1.70. The second-order valence-corrected chi connectivity index (χ2v) is 3.81. The molecule has 1 heterocycles. The van der Waals surface area contributed by atoms with Crippen LogP contribution in [0.3, 0.4) is 0 Å². The van der Waals surface area contributed by atoms with Crippen molar-refractivity contribution in [2.45, 2.75) is 6.42 Å². The Kier molecular flexibility index (Phi) is 3.73. The highest BCUT2D eigenvalue weighted by atomic mass is 35.5. The third kappa shape index (κ3) is 2.75. The van der Waals surface area contributed by atoms with Gasteiger partial charge in [-0.05, 0) is 12.1 Å². The SMILES string of the molecule is O=[N+]([O-])c1c(Cl)cccc1NCCc1ncno1. The zero-order valence-corrected chi connectivity index (χ0v) is 9.92. The summed E-state index contributed by atoms with van der Waals surface area (Å²) >= 11 is 5.78. The minimum absolute atomic E-state index is 0.0998. The van der Waals surface area contributed by atoms with Crippen LogP contribution in [0, 0.1) is 10.1 Å². The number of hydrogen-bond donors (Lipinski definition) is 1. The molecule has 1 N–H and O–H groups in total. The van der Waals surface area contributed by atoms with Gasteiger partial charge in [-0.1, -0.05) is 22.8 Å². The summed E-state index contributed by atoms with van der Waals surface area (Å²) < 4.78 is 4.81. The molecule has 8 heteroatoms. The first-order valence-electron chi connectivity index (χ1n) is 5.11. The summed E-state index contributed by atoms with van der Waals surface area (Å²) in [6, 6.07) is 4.71. The lowest BCUT2D eigenvalue weighted by Crippen LogP contribution is -2.07.